The molecule has 17 heavy (non-hydrogen) atoms. The van der Waals surface area contributed by atoms with E-state index in [9.17, 15) is 0 Å². The van der Waals surface area contributed by atoms with E-state index in [1.54, 1.807) is 0 Å². The molecule has 2 nitrogen and oxygen atoms in total. The first-order valence-electron chi connectivity index (χ1n) is 6.16. The van der Waals surface area contributed by atoms with Crippen LogP contribution in [0.4, 0.5) is 0 Å². The van der Waals surface area contributed by atoms with Crippen molar-refractivity contribution in [2.45, 2.75) is 52.4 Å². The average Bonchev–Trinajstić information content (AvgIpc) is 2.15. The van der Waals surface area contributed by atoms with Crippen molar-refractivity contribution >= 4 is 8.32 Å². The second-order valence-electron chi connectivity index (χ2n) is 6.15. The Hall–Kier alpha value is -0.803. The lowest BCUT2D eigenvalue weighted by Crippen LogP contribution is -2.43. The molecular formula is C14H25NOSi. The van der Waals surface area contributed by atoms with Gasteiger partial charge < -0.3 is 10.2 Å². The van der Waals surface area contributed by atoms with Gasteiger partial charge in [0, 0.05) is 6.54 Å². The molecule has 1 aromatic rings. The highest BCUT2D eigenvalue weighted by Gasteiger charge is 2.38. The van der Waals surface area contributed by atoms with Crippen LogP contribution >= 0.6 is 0 Å². The quantitative estimate of drug-likeness (QED) is 0.828. The molecule has 3 heteroatoms. The molecule has 1 aromatic carbocycles. The van der Waals surface area contributed by atoms with Gasteiger partial charge in [0.05, 0.1) is 0 Å². The first kappa shape index (κ1) is 14.3. The van der Waals surface area contributed by atoms with Crippen molar-refractivity contribution in [1.82, 2.24) is 0 Å². The highest BCUT2D eigenvalue weighted by molar-refractivity contribution is 6.74. The number of aryl methyl sites for hydroxylation is 1. The number of hydrogen-bond donors (Lipinski definition) is 1. The third kappa shape index (κ3) is 3.33. The lowest BCUT2D eigenvalue weighted by Gasteiger charge is -2.36. The SMILES string of the molecule is Cc1cc(O[Si](C)(C)C(C)(C)C)ccc1CN. The molecule has 0 unspecified atom stereocenters. The fraction of sp³-hybridized carbons (Fsp3) is 0.571. The van der Waals surface area contributed by atoms with E-state index >= 15 is 0 Å². The predicted octanol–water partition coefficient (Wildman–Crippen LogP) is 3.84. The minimum atomic E-state index is -1.73. The van der Waals surface area contributed by atoms with Crippen LogP contribution in [0.25, 0.3) is 0 Å². The van der Waals surface area contributed by atoms with Crippen LogP contribution in [0.1, 0.15) is 31.9 Å². The van der Waals surface area contributed by atoms with E-state index in [-0.39, 0.29) is 5.04 Å². The Balaban J connectivity index is 2.93. The molecule has 1 rings (SSSR count). The Morgan fingerprint density at radius 3 is 2.24 bits per heavy atom. The highest BCUT2D eigenvalue weighted by atomic mass is 28.4. The van der Waals surface area contributed by atoms with Gasteiger partial charge in [-0.3, -0.25) is 0 Å². The summed E-state index contributed by atoms with van der Waals surface area (Å²) in [6.45, 7) is 14.0. The van der Waals surface area contributed by atoms with Crippen LogP contribution < -0.4 is 10.2 Å². The molecule has 2 N–H and O–H groups in total. The Bertz CT molecular complexity index is 394. The molecule has 0 spiro atoms. The molecule has 0 fully saturated rings. The molecule has 0 heterocycles. The van der Waals surface area contributed by atoms with Crippen molar-refractivity contribution in [3.8, 4) is 5.75 Å². The van der Waals surface area contributed by atoms with Crippen molar-refractivity contribution < 1.29 is 4.43 Å². The van der Waals surface area contributed by atoms with E-state index in [1.165, 1.54) is 11.1 Å². The first-order valence-corrected chi connectivity index (χ1v) is 9.07. The zero-order valence-electron chi connectivity index (χ0n) is 11.9. The minimum Gasteiger partial charge on any atom is -0.543 e. The summed E-state index contributed by atoms with van der Waals surface area (Å²) in [4.78, 5) is 0. The van der Waals surface area contributed by atoms with Crippen LogP contribution in [0.2, 0.25) is 18.1 Å². The minimum absolute atomic E-state index is 0.230. The molecule has 0 aliphatic heterocycles. The molecular weight excluding hydrogens is 226 g/mol. The zero-order valence-corrected chi connectivity index (χ0v) is 12.9. The average molecular weight is 251 g/mol. The maximum absolute atomic E-state index is 6.24. The monoisotopic (exact) mass is 251 g/mol. The smallest absolute Gasteiger partial charge is 0.250 e. The fourth-order valence-corrected chi connectivity index (χ4v) is 2.43. The zero-order chi connectivity index (χ0) is 13.3. The van der Waals surface area contributed by atoms with Crippen LogP contribution in [0, 0.1) is 6.92 Å². The van der Waals surface area contributed by atoms with Crippen LogP contribution in [-0.2, 0) is 6.54 Å². The molecule has 0 saturated heterocycles. The van der Waals surface area contributed by atoms with Gasteiger partial charge in [0.25, 0.3) is 0 Å². The Morgan fingerprint density at radius 2 is 1.82 bits per heavy atom. The number of nitrogens with two attached hydrogens (primary N) is 1. The van der Waals surface area contributed by atoms with Crippen LogP contribution in [-0.4, -0.2) is 8.32 Å². The lowest BCUT2D eigenvalue weighted by atomic mass is 10.1. The normalized spacial score (nSPS) is 12.6. The number of rotatable bonds is 3. The van der Waals surface area contributed by atoms with Gasteiger partial charge in [0.15, 0.2) is 0 Å². The van der Waals surface area contributed by atoms with Gasteiger partial charge in [-0.25, -0.2) is 0 Å². The van der Waals surface area contributed by atoms with Crippen molar-refractivity contribution in [3.63, 3.8) is 0 Å². The van der Waals surface area contributed by atoms with Crippen LogP contribution in [0.3, 0.4) is 0 Å². The molecule has 0 amide bonds. The molecule has 0 aliphatic carbocycles. The summed E-state index contributed by atoms with van der Waals surface area (Å²) >= 11 is 0. The molecule has 0 atom stereocenters. The molecule has 0 radical (unpaired) electrons. The second kappa shape index (κ2) is 4.82. The summed E-state index contributed by atoms with van der Waals surface area (Å²) in [5.74, 6) is 0.978. The topological polar surface area (TPSA) is 35.2 Å². The number of hydrogen-bond acceptors (Lipinski definition) is 2. The van der Waals surface area contributed by atoms with Crippen molar-refractivity contribution in [3.05, 3.63) is 29.3 Å². The summed E-state index contributed by atoms with van der Waals surface area (Å²) in [5.41, 5.74) is 8.06. The van der Waals surface area contributed by atoms with Crippen molar-refractivity contribution in [1.29, 1.82) is 0 Å². The maximum Gasteiger partial charge on any atom is 0.250 e. The van der Waals surface area contributed by atoms with Gasteiger partial charge in [0.2, 0.25) is 8.32 Å². The molecule has 0 aliphatic rings. The van der Waals surface area contributed by atoms with Crippen molar-refractivity contribution in [2.75, 3.05) is 0 Å². The van der Waals surface area contributed by atoms with Gasteiger partial charge in [0.1, 0.15) is 5.75 Å². The Kier molecular flexibility index (Phi) is 4.05. The molecule has 0 saturated carbocycles. The molecule has 0 bridgehead atoms. The highest BCUT2D eigenvalue weighted by Crippen LogP contribution is 2.37. The second-order valence-corrected chi connectivity index (χ2v) is 10.9. The van der Waals surface area contributed by atoms with Crippen molar-refractivity contribution in [2.24, 2.45) is 5.73 Å². The van der Waals surface area contributed by atoms with E-state index in [0.717, 1.165) is 5.75 Å². The summed E-state index contributed by atoms with van der Waals surface area (Å²) in [6.07, 6.45) is 0. The molecule has 96 valence electrons. The van der Waals surface area contributed by atoms with Gasteiger partial charge in [-0.1, -0.05) is 26.8 Å². The van der Waals surface area contributed by atoms with Crippen LogP contribution in [0.15, 0.2) is 18.2 Å². The van der Waals surface area contributed by atoms with E-state index in [4.69, 9.17) is 10.2 Å². The van der Waals surface area contributed by atoms with Gasteiger partial charge in [-0.05, 0) is 48.3 Å². The summed E-state index contributed by atoms with van der Waals surface area (Å²) < 4.78 is 6.24. The first-order chi connectivity index (χ1) is 7.67. The lowest BCUT2D eigenvalue weighted by molar-refractivity contribution is 0.491. The summed E-state index contributed by atoms with van der Waals surface area (Å²) in [7, 11) is -1.73. The molecule has 0 aromatic heterocycles. The maximum atomic E-state index is 6.24. The third-order valence-corrected chi connectivity index (χ3v) is 8.07. The van der Waals surface area contributed by atoms with Gasteiger partial charge in [-0.15, -0.1) is 0 Å². The predicted molar refractivity (Wildman–Crippen MR) is 76.9 cm³/mol. The third-order valence-electron chi connectivity index (χ3n) is 3.71. The van der Waals surface area contributed by atoms with E-state index in [2.05, 4.69) is 52.9 Å². The van der Waals surface area contributed by atoms with Gasteiger partial charge >= 0.3 is 0 Å². The summed E-state index contributed by atoms with van der Waals surface area (Å²) in [5, 5.41) is 0.230. The van der Waals surface area contributed by atoms with E-state index < -0.39 is 8.32 Å². The van der Waals surface area contributed by atoms with E-state index in [1.807, 2.05) is 6.07 Å². The Morgan fingerprint density at radius 1 is 1.24 bits per heavy atom. The standard InChI is InChI=1S/C14H25NOSi/c1-11-9-13(8-7-12(11)10-15)16-17(5,6)14(2,3)4/h7-9H,10,15H2,1-6H3. The largest absolute Gasteiger partial charge is 0.543 e. The summed E-state index contributed by atoms with van der Waals surface area (Å²) in [6, 6.07) is 6.20. The van der Waals surface area contributed by atoms with Gasteiger partial charge in [-0.2, -0.15) is 0 Å². The van der Waals surface area contributed by atoms with Crippen LogP contribution in [0.5, 0.6) is 5.75 Å². The Labute approximate surface area is 106 Å². The number of benzene rings is 1. The fourth-order valence-electron chi connectivity index (χ4n) is 1.41. The van der Waals surface area contributed by atoms with E-state index in [0.29, 0.717) is 6.54 Å².